The molecule has 0 saturated carbocycles. The zero-order chi connectivity index (χ0) is 17.9. The molecule has 1 rings (SSSR count). The molecule has 0 amide bonds. The summed E-state index contributed by atoms with van der Waals surface area (Å²) in [4.78, 5) is 25.2. The molecule has 0 bridgehead atoms. The maximum Gasteiger partial charge on any atom is 0.320 e. The van der Waals surface area contributed by atoms with Gasteiger partial charge in [0, 0.05) is 6.54 Å². The molecule has 24 heavy (non-hydrogen) atoms. The second-order valence-corrected chi connectivity index (χ2v) is 5.81. The van der Waals surface area contributed by atoms with Crippen LogP contribution in [0.3, 0.4) is 0 Å². The third-order valence-corrected chi connectivity index (χ3v) is 3.88. The molecule has 0 saturated heterocycles. The summed E-state index contributed by atoms with van der Waals surface area (Å²) in [7, 11) is 0. The number of rotatable bonds is 10. The van der Waals surface area contributed by atoms with Gasteiger partial charge in [-0.15, -0.1) is 0 Å². The lowest BCUT2D eigenvalue weighted by molar-refractivity contribution is -0.148. The van der Waals surface area contributed by atoms with Gasteiger partial charge in [0.05, 0.1) is 26.3 Å². The summed E-state index contributed by atoms with van der Waals surface area (Å²) in [5, 5.41) is 0. The molecule has 0 spiro atoms. The predicted molar refractivity (Wildman–Crippen MR) is 93.7 cm³/mol. The highest BCUT2D eigenvalue weighted by molar-refractivity contribution is 5.75. The Hall–Kier alpha value is -1.88. The van der Waals surface area contributed by atoms with Crippen LogP contribution in [0.1, 0.15) is 51.2 Å². The Kier molecular flexibility index (Phi) is 9.08. The number of hydrogen-bond acceptors (Lipinski definition) is 5. The molecule has 0 aliphatic rings. The average molecular weight is 335 g/mol. The van der Waals surface area contributed by atoms with Crippen molar-refractivity contribution in [3.05, 3.63) is 35.4 Å². The fourth-order valence-electron chi connectivity index (χ4n) is 2.39. The van der Waals surface area contributed by atoms with Crippen molar-refractivity contribution in [1.82, 2.24) is 4.90 Å². The molecule has 0 fully saturated rings. The average Bonchev–Trinajstić information content (AvgIpc) is 2.55. The van der Waals surface area contributed by atoms with E-state index in [-0.39, 0.29) is 25.0 Å². The maximum absolute atomic E-state index is 11.7. The van der Waals surface area contributed by atoms with Gasteiger partial charge in [-0.25, -0.2) is 0 Å². The van der Waals surface area contributed by atoms with E-state index in [4.69, 9.17) is 9.47 Å². The monoisotopic (exact) mass is 335 g/mol. The normalized spacial score (nSPS) is 12.0. The summed E-state index contributed by atoms with van der Waals surface area (Å²) in [6.45, 7) is 9.19. The SMILES string of the molecule is CCOC(=O)CN(CC(=O)OCC)Cc1ccc(C(C)CC)cc1. The van der Waals surface area contributed by atoms with Gasteiger partial charge >= 0.3 is 11.9 Å². The van der Waals surface area contributed by atoms with Crippen molar-refractivity contribution >= 4 is 11.9 Å². The van der Waals surface area contributed by atoms with Crippen LogP contribution >= 0.6 is 0 Å². The zero-order valence-corrected chi connectivity index (χ0v) is 15.2. The smallest absolute Gasteiger partial charge is 0.320 e. The van der Waals surface area contributed by atoms with E-state index in [2.05, 4.69) is 26.0 Å². The van der Waals surface area contributed by atoms with Crippen molar-refractivity contribution in [2.24, 2.45) is 0 Å². The van der Waals surface area contributed by atoms with Gasteiger partial charge in [-0.1, -0.05) is 38.1 Å². The van der Waals surface area contributed by atoms with Crippen molar-refractivity contribution in [2.45, 2.75) is 46.6 Å². The maximum atomic E-state index is 11.7. The highest BCUT2D eigenvalue weighted by Gasteiger charge is 2.16. The summed E-state index contributed by atoms with van der Waals surface area (Å²) < 4.78 is 9.97. The summed E-state index contributed by atoms with van der Waals surface area (Å²) in [6.07, 6.45) is 1.09. The zero-order valence-electron chi connectivity index (χ0n) is 15.2. The second-order valence-electron chi connectivity index (χ2n) is 5.81. The number of esters is 2. The number of hydrogen-bond donors (Lipinski definition) is 0. The van der Waals surface area contributed by atoms with Gasteiger partial charge in [0.2, 0.25) is 0 Å². The van der Waals surface area contributed by atoms with Gasteiger partial charge in [-0.3, -0.25) is 14.5 Å². The first-order valence-electron chi connectivity index (χ1n) is 8.62. The van der Waals surface area contributed by atoms with Gasteiger partial charge in [-0.05, 0) is 37.3 Å². The molecule has 0 aliphatic heterocycles. The largest absolute Gasteiger partial charge is 0.465 e. The predicted octanol–water partition coefficient (Wildman–Crippen LogP) is 3.13. The molecule has 0 aromatic heterocycles. The molecular weight excluding hydrogens is 306 g/mol. The lowest BCUT2D eigenvalue weighted by atomic mass is 9.97. The molecule has 0 heterocycles. The van der Waals surface area contributed by atoms with Crippen LogP contribution in [0.5, 0.6) is 0 Å². The van der Waals surface area contributed by atoms with Gasteiger partial charge in [0.15, 0.2) is 0 Å². The van der Waals surface area contributed by atoms with Crippen LogP contribution in [0.15, 0.2) is 24.3 Å². The van der Waals surface area contributed by atoms with Crippen LogP contribution in [-0.2, 0) is 25.6 Å². The van der Waals surface area contributed by atoms with Gasteiger partial charge < -0.3 is 9.47 Å². The van der Waals surface area contributed by atoms with E-state index in [9.17, 15) is 9.59 Å². The van der Waals surface area contributed by atoms with E-state index in [1.54, 1.807) is 18.7 Å². The molecule has 1 aromatic rings. The molecular formula is C19H29NO4. The van der Waals surface area contributed by atoms with Crippen LogP contribution in [0.25, 0.3) is 0 Å². The van der Waals surface area contributed by atoms with Crippen LogP contribution in [-0.4, -0.2) is 43.1 Å². The minimum Gasteiger partial charge on any atom is -0.465 e. The number of carbonyl (C=O) groups excluding carboxylic acids is 2. The third-order valence-electron chi connectivity index (χ3n) is 3.88. The van der Waals surface area contributed by atoms with Crippen molar-refractivity contribution < 1.29 is 19.1 Å². The quantitative estimate of drug-likeness (QED) is 0.615. The molecule has 1 unspecified atom stereocenters. The van der Waals surface area contributed by atoms with Gasteiger partial charge in [0.25, 0.3) is 0 Å². The van der Waals surface area contributed by atoms with E-state index in [0.717, 1.165) is 12.0 Å². The van der Waals surface area contributed by atoms with E-state index in [0.29, 0.717) is 25.7 Å². The fraction of sp³-hybridized carbons (Fsp3) is 0.579. The first-order chi connectivity index (χ1) is 11.5. The lowest BCUT2D eigenvalue weighted by Gasteiger charge is -2.20. The number of carbonyl (C=O) groups is 2. The van der Waals surface area contributed by atoms with Crippen molar-refractivity contribution in [1.29, 1.82) is 0 Å². The van der Waals surface area contributed by atoms with E-state index < -0.39 is 0 Å². The van der Waals surface area contributed by atoms with Crippen LogP contribution < -0.4 is 0 Å². The lowest BCUT2D eigenvalue weighted by Crippen LogP contribution is -2.35. The molecule has 5 nitrogen and oxygen atoms in total. The Bertz CT molecular complexity index is 493. The molecule has 1 atom stereocenters. The van der Waals surface area contributed by atoms with E-state index in [1.807, 2.05) is 12.1 Å². The number of ether oxygens (including phenoxy) is 2. The second kappa shape index (κ2) is 10.8. The van der Waals surface area contributed by atoms with Crippen molar-refractivity contribution in [2.75, 3.05) is 26.3 Å². The Labute approximate surface area is 144 Å². The number of benzene rings is 1. The van der Waals surface area contributed by atoms with Crippen LogP contribution in [0.4, 0.5) is 0 Å². The first kappa shape index (κ1) is 20.2. The van der Waals surface area contributed by atoms with Crippen LogP contribution in [0, 0.1) is 0 Å². The topological polar surface area (TPSA) is 55.8 Å². The van der Waals surface area contributed by atoms with Crippen molar-refractivity contribution in [3.63, 3.8) is 0 Å². The molecule has 5 heteroatoms. The molecule has 0 N–H and O–H groups in total. The first-order valence-corrected chi connectivity index (χ1v) is 8.62. The molecule has 0 radical (unpaired) electrons. The highest BCUT2D eigenvalue weighted by Crippen LogP contribution is 2.19. The summed E-state index contributed by atoms with van der Waals surface area (Å²) >= 11 is 0. The highest BCUT2D eigenvalue weighted by atomic mass is 16.5. The Morgan fingerprint density at radius 3 is 1.88 bits per heavy atom. The minimum absolute atomic E-state index is 0.0692. The third kappa shape index (κ3) is 7.13. The molecule has 134 valence electrons. The Balaban J connectivity index is 2.75. The van der Waals surface area contributed by atoms with Crippen molar-refractivity contribution in [3.8, 4) is 0 Å². The summed E-state index contributed by atoms with van der Waals surface area (Å²) in [6, 6.07) is 8.31. The Morgan fingerprint density at radius 2 is 1.46 bits per heavy atom. The van der Waals surface area contributed by atoms with Gasteiger partial charge in [0.1, 0.15) is 0 Å². The fourth-order valence-corrected chi connectivity index (χ4v) is 2.39. The van der Waals surface area contributed by atoms with Crippen LogP contribution in [0.2, 0.25) is 0 Å². The minimum atomic E-state index is -0.335. The molecule has 1 aromatic carbocycles. The standard InChI is InChI=1S/C19H29NO4/c1-5-15(4)17-10-8-16(9-11-17)12-20(13-18(21)23-6-2)14-19(22)24-7-3/h8-11,15H,5-7,12-14H2,1-4H3. The van der Waals surface area contributed by atoms with E-state index >= 15 is 0 Å². The summed E-state index contributed by atoms with van der Waals surface area (Å²) in [5.41, 5.74) is 2.35. The molecule has 0 aliphatic carbocycles. The number of nitrogens with zero attached hydrogens (tertiary/aromatic N) is 1. The van der Waals surface area contributed by atoms with Gasteiger partial charge in [-0.2, -0.15) is 0 Å². The summed E-state index contributed by atoms with van der Waals surface area (Å²) in [5.74, 6) is -0.148. The Morgan fingerprint density at radius 1 is 0.958 bits per heavy atom. The van der Waals surface area contributed by atoms with E-state index in [1.165, 1.54) is 5.56 Å².